The number of pyridine rings is 1. The van der Waals surface area contributed by atoms with Gasteiger partial charge in [0.25, 0.3) is 5.91 Å². The summed E-state index contributed by atoms with van der Waals surface area (Å²) in [5.74, 6) is -1.30. The first-order valence-electron chi connectivity index (χ1n) is 7.20. The standard InChI is InChI=1S/C14H18N4O5/c1-9-2-3-11(14(16-9)18(21)22)23-8-12(19)17-6-4-10(5-7-17)13(15)20/h2-3,10H,4-8H2,1H3,(H2,15,20). The molecule has 1 saturated heterocycles. The van der Waals surface area contributed by atoms with Crippen molar-refractivity contribution in [3.63, 3.8) is 0 Å². The fourth-order valence-corrected chi connectivity index (χ4v) is 2.42. The van der Waals surface area contributed by atoms with E-state index in [0.29, 0.717) is 31.6 Å². The number of primary amides is 1. The van der Waals surface area contributed by atoms with Crippen LogP contribution in [0.2, 0.25) is 0 Å². The van der Waals surface area contributed by atoms with Crippen molar-refractivity contribution < 1.29 is 19.2 Å². The Hall–Kier alpha value is -2.71. The molecule has 2 amide bonds. The number of rotatable bonds is 5. The summed E-state index contributed by atoms with van der Waals surface area (Å²) in [5.41, 5.74) is 5.73. The number of nitrogens with zero attached hydrogens (tertiary/aromatic N) is 3. The third-order valence-electron chi connectivity index (χ3n) is 3.75. The third-order valence-corrected chi connectivity index (χ3v) is 3.75. The van der Waals surface area contributed by atoms with Crippen LogP contribution >= 0.6 is 0 Å². The number of aromatic nitrogens is 1. The summed E-state index contributed by atoms with van der Waals surface area (Å²) in [6.45, 7) is 2.16. The summed E-state index contributed by atoms with van der Waals surface area (Å²) in [4.78, 5) is 38.8. The Labute approximate surface area is 132 Å². The zero-order chi connectivity index (χ0) is 17.0. The predicted octanol–water partition coefficient (Wildman–Crippen LogP) is 0.401. The largest absolute Gasteiger partial charge is 0.476 e. The molecule has 1 aliphatic heterocycles. The first-order valence-corrected chi connectivity index (χ1v) is 7.20. The second-order valence-corrected chi connectivity index (χ2v) is 5.38. The Morgan fingerprint density at radius 3 is 2.65 bits per heavy atom. The summed E-state index contributed by atoms with van der Waals surface area (Å²) in [7, 11) is 0. The molecule has 0 saturated carbocycles. The summed E-state index contributed by atoms with van der Waals surface area (Å²) >= 11 is 0. The quantitative estimate of drug-likeness (QED) is 0.617. The smallest absolute Gasteiger partial charge is 0.406 e. The monoisotopic (exact) mass is 322 g/mol. The number of carbonyl (C=O) groups is 2. The summed E-state index contributed by atoms with van der Waals surface area (Å²) < 4.78 is 5.26. The van der Waals surface area contributed by atoms with Crippen molar-refractivity contribution in [1.29, 1.82) is 0 Å². The molecule has 1 aliphatic rings. The fourth-order valence-electron chi connectivity index (χ4n) is 2.42. The van der Waals surface area contributed by atoms with Crippen molar-refractivity contribution in [2.45, 2.75) is 19.8 Å². The van der Waals surface area contributed by atoms with Crippen LogP contribution in [0.25, 0.3) is 0 Å². The first kappa shape index (κ1) is 16.7. The lowest BCUT2D eigenvalue weighted by Gasteiger charge is -2.30. The van der Waals surface area contributed by atoms with Gasteiger partial charge in [0.1, 0.15) is 5.69 Å². The van der Waals surface area contributed by atoms with Crippen LogP contribution in [-0.4, -0.2) is 46.3 Å². The van der Waals surface area contributed by atoms with Gasteiger partial charge in [0.05, 0.1) is 0 Å². The Bertz CT molecular complexity index is 626. The molecule has 2 N–H and O–H groups in total. The molecule has 0 unspecified atom stereocenters. The molecule has 0 atom stereocenters. The molecule has 0 bridgehead atoms. The van der Waals surface area contributed by atoms with Crippen molar-refractivity contribution in [2.75, 3.05) is 19.7 Å². The molecule has 23 heavy (non-hydrogen) atoms. The van der Waals surface area contributed by atoms with Crippen molar-refractivity contribution >= 4 is 17.6 Å². The number of piperidine rings is 1. The van der Waals surface area contributed by atoms with Crippen LogP contribution in [0, 0.1) is 23.0 Å². The van der Waals surface area contributed by atoms with E-state index in [0.717, 1.165) is 0 Å². The molecule has 0 spiro atoms. The number of hydrogen-bond donors (Lipinski definition) is 1. The van der Waals surface area contributed by atoms with Gasteiger partial charge in [0, 0.05) is 25.9 Å². The van der Waals surface area contributed by atoms with Gasteiger partial charge >= 0.3 is 5.82 Å². The van der Waals surface area contributed by atoms with Gasteiger partial charge in [0.2, 0.25) is 11.7 Å². The van der Waals surface area contributed by atoms with E-state index in [9.17, 15) is 19.7 Å². The third kappa shape index (κ3) is 4.15. The molecule has 1 aromatic heterocycles. The molecule has 0 aliphatic carbocycles. The molecule has 0 aromatic carbocycles. The summed E-state index contributed by atoms with van der Waals surface area (Å²) in [6, 6.07) is 3.00. The highest BCUT2D eigenvalue weighted by Crippen LogP contribution is 2.24. The fraction of sp³-hybridized carbons (Fsp3) is 0.500. The van der Waals surface area contributed by atoms with Crippen LogP contribution in [0.1, 0.15) is 18.5 Å². The number of ether oxygens (including phenoxy) is 1. The number of nitro groups is 1. The predicted molar refractivity (Wildman–Crippen MR) is 79.6 cm³/mol. The molecule has 1 aromatic rings. The van der Waals surface area contributed by atoms with E-state index in [2.05, 4.69) is 4.98 Å². The van der Waals surface area contributed by atoms with Crippen LogP contribution in [0.3, 0.4) is 0 Å². The van der Waals surface area contributed by atoms with Crippen molar-refractivity contribution in [3.8, 4) is 5.75 Å². The number of aryl methyl sites for hydroxylation is 1. The maximum atomic E-state index is 12.1. The Morgan fingerprint density at radius 1 is 1.43 bits per heavy atom. The van der Waals surface area contributed by atoms with Crippen LogP contribution in [-0.2, 0) is 9.59 Å². The van der Waals surface area contributed by atoms with Gasteiger partial charge in [-0.3, -0.25) is 9.59 Å². The van der Waals surface area contributed by atoms with Crippen molar-refractivity contribution in [1.82, 2.24) is 9.88 Å². The Morgan fingerprint density at radius 2 is 2.09 bits per heavy atom. The van der Waals surface area contributed by atoms with Gasteiger partial charge in [-0.05, 0) is 34.9 Å². The van der Waals surface area contributed by atoms with E-state index in [1.807, 2.05) is 0 Å². The number of likely N-dealkylation sites (tertiary alicyclic amines) is 1. The highest BCUT2D eigenvalue weighted by molar-refractivity contribution is 5.79. The molecule has 9 heteroatoms. The molecule has 2 heterocycles. The molecule has 0 radical (unpaired) electrons. The average molecular weight is 322 g/mol. The van der Waals surface area contributed by atoms with Gasteiger partial charge < -0.3 is 25.5 Å². The van der Waals surface area contributed by atoms with Crippen LogP contribution in [0.5, 0.6) is 5.75 Å². The molecule has 124 valence electrons. The average Bonchev–Trinajstić information content (AvgIpc) is 2.53. The van der Waals surface area contributed by atoms with E-state index >= 15 is 0 Å². The van der Waals surface area contributed by atoms with E-state index in [1.165, 1.54) is 6.07 Å². The first-order chi connectivity index (χ1) is 10.9. The highest BCUT2D eigenvalue weighted by Gasteiger charge is 2.26. The van der Waals surface area contributed by atoms with Crippen LogP contribution in [0.15, 0.2) is 12.1 Å². The normalized spacial score (nSPS) is 15.3. The number of nitrogens with two attached hydrogens (primary N) is 1. The van der Waals surface area contributed by atoms with Gasteiger partial charge in [0.15, 0.2) is 6.61 Å². The maximum Gasteiger partial charge on any atom is 0.406 e. The van der Waals surface area contributed by atoms with Gasteiger partial charge in [-0.25, -0.2) is 0 Å². The molecular formula is C14H18N4O5. The number of amides is 2. The zero-order valence-corrected chi connectivity index (χ0v) is 12.7. The minimum Gasteiger partial charge on any atom is -0.476 e. The number of hydrogen-bond acceptors (Lipinski definition) is 6. The Kier molecular flexibility index (Phi) is 5.09. The van der Waals surface area contributed by atoms with Crippen LogP contribution in [0.4, 0.5) is 5.82 Å². The topological polar surface area (TPSA) is 129 Å². The minimum absolute atomic E-state index is 0.0408. The van der Waals surface area contributed by atoms with E-state index in [-0.39, 0.29) is 30.1 Å². The van der Waals surface area contributed by atoms with Gasteiger partial charge in [-0.15, -0.1) is 0 Å². The van der Waals surface area contributed by atoms with Crippen LogP contribution < -0.4 is 10.5 Å². The maximum absolute atomic E-state index is 12.1. The second-order valence-electron chi connectivity index (χ2n) is 5.38. The summed E-state index contributed by atoms with van der Waals surface area (Å²) in [6.07, 6.45) is 1.04. The number of carbonyl (C=O) groups excluding carboxylic acids is 2. The molecule has 1 fully saturated rings. The van der Waals surface area contributed by atoms with E-state index in [4.69, 9.17) is 10.5 Å². The lowest BCUT2D eigenvalue weighted by molar-refractivity contribution is -0.390. The SMILES string of the molecule is Cc1ccc(OCC(=O)N2CCC(C(N)=O)CC2)c([N+](=O)[O-])n1. The van der Waals surface area contributed by atoms with Crippen molar-refractivity contribution in [3.05, 3.63) is 27.9 Å². The molecular weight excluding hydrogens is 304 g/mol. The zero-order valence-electron chi connectivity index (χ0n) is 12.7. The lowest BCUT2D eigenvalue weighted by Crippen LogP contribution is -2.43. The second kappa shape index (κ2) is 7.03. The van der Waals surface area contributed by atoms with E-state index in [1.54, 1.807) is 17.9 Å². The van der Waals surface area contributed by atoms with Crippen molar-refractivity contribution in [2.24, 2.45) is 11.7 Å². The lowest BCUT2D eigenvalue weighted by atomic mass is 9.96. The summed E-state index contributed by atoms with van der Waals surface area (Å²) in [5, 5.41) is 10.9. The molecule has 9 nitrogen and oxygen atoms in total. The molecule has 2 rings (SSSR count). The minimum atomic E-state index is -0.648. The Balaban J connectivity index is 1.93. The van der Waals surface area contributed by atoms with Gasteiger partial charge in [-0.2, -0.15) is 0 Å². The highest BCUT2D eigenvalue weighted by atomic mass is 16.6. The van der Waals surface area contributed by atoms with E-state index < -0.39 is 10.7 Å². The van der Waals surface area contributed by atoms with Gasteiger partial charge in [-0.1, -0.05) is 0 Å².